The summed E-state index contributed by atoms with van der Waals surface area (Å²) in [5, 5.41) is -0.0566. The molecule has 0 aliphatic heterocycles. The fourth-order valence-electron chi connectivity index (χ4n) is 2.24. The van der Waals surface area contributed by atoms with Crippen molar-refractivity contribution in [2.24, 2.45) is 5.92 Å². The Bertz CT molecular complexity index is 521. The van der Waals surface area contributed by atoms with Gasteiger partial charge in [0, 0.05) is 6.54 Å². The monoisotopic (exact) mass is 282 g/mol. The normalized spacial score (nSPS) is 14.9. The second kappa shape index (κ2) is 5.98. The van der Waals surface area contributed by atoms with Crippen LogP contribution in [0.25, 0.3) is 11.0 Å². The molecular weight excluding hydrogens is 264 g/mol. The minimum Gasteiger partial charge on any atom is -0.326 e. The van der Waals surface area contributed by atoms with Gasteiger partial charge in [-0.2, -0.15) is 11.8 Å². The summed E-state index contributed by atoms with van der Waals surface area (Å²) in [6.45, 7) is 5.24. The lowest BCUT2D eigenvalue weighted by Gasteiger charge is -2.15. The lowest BCUT2D eigenvalue weighted by atomic mass is 10.2. The first-order chi connectivity index (χ1) is 8.63. The van der Waals surface area contributed by atoms with Gasteiger partial charge in [0.15, 0.2) is 0 Å². The molecule has 0 aliphatic carbocycles. The van der Waals surface area contributed by atoms with Gasteiger partial charge in [0.05, 0.1) is 16.4 Å². The van der Waals surface area contributed by atoms with Crippen LogP contribution in [0.5, 0.6) is 0 Å². The highest BCUT2D eigenvalue weighted by atomic mass is 35.5. The number of alkyl halides is 1. The zero-order valence-electron chi connectivity index (χ0n) is 11.1. The Morgan fingerprint density at radius 1 is 1.33 bits per heavy atom. The standard InChI is InChI=1S/C14H19ClN2S/c1-10(9-18-3)8-17-13-7-5-4-6-12(13)16-14(17)11(2)15/h4-7,10-11H,8-9H2,1-3H3. The average molecular weight is 283 g/mol. The lowest BCUT2D eigenvalue weighted by molar-refractivity contribution is 0.524. The number of nitrogens with zero attached hydrogens (tertiary/aromatic N) is 2. The predicted molar refractivity (Wildman–Crippen MR) is 81.5 cm³/mol. The molecule has 2 nitrogen and oxygen atoms in total. The van der Waals surface area contributed by atoms with Crippen LogP contribution in [0.2, 0.25) is 0 Å². The third kappa shape index (κ3) is 2.83. The molecule has 1 aromatic heterocycles. The molecule has 0 saturated carbocycles. The Hall–Kier alpha value is -0.670. The minimum absolute atomic E-state index is 0.0566. The number of para-hydroxylation sites is 2. The predicted octanol–water partition coefficient (Wildman–Crippen LogP) is 4.34. The van der Waals surface area contributed by atoms with Crippen LogP contribution in [-0.2, 0) is 6.54 Å². The van der Waals surface area contributed by atoms with Crippen molar-refractivity contribution >= 4 is 34.4 Å². The van der Waals surface area contributed by atoms with Gasteiger partial charge in [-0.15, -0.1) is 11.6 Å². The quantitative estimate of drug-likeness (QED) is 0.760. The van der Waals surface area contributed by atoms with Crippen molar-refractivity contribution in [2.45, 2.75) is 25.8 Å². The van der Waals surface area contributed by atoms with Crippen LogP contribution in [0.4, 0.5) is 0 Å². The summed E-state index contributed by atoms with van der Waals surface area (Å²) in [7, 11) is 0. The lowest BCUT2D eigenvalue weighted by Crippen LogP contribution is -2.12. The molecule has 1 aromatic carbocycles. The smallest absolute Gasteiger partial charge is 0.127 e. The van der Waals surface area contributed by atoms with E-state index in [2.05, 4.69) is 34.9 Å². The van der Waals surface area contributed by atoms with Crippen LogP contribution in [0.3, 0.4) is 0 Å². The van der Waals surface area contributed by atoms with E-state index in [0.717, 1.165) is 23.6 Å². The van der Waals surface area contributed by atoms with Gasteiger partial charge in [0.25, 0.3) is 0 Å². The fraction of sp³-hybridized carbons (Fsp3) is 0.500. The van der Waals surface area contributed by atoms with E-state index in [1.54, 1.807) is 0 Å². The SMILES string of the molecule is CSCC(C)Cn1c(C(C)Cl)nc2ccccc21. The summed E-state index contributed by atoms with van der Waals surface area (Å²) in [6, 6.07) is 8.25. The molecular formula is C14H19ClN2S. The topological polar surface area (TPSA) is 17.8 Å². The Kier molecular flexibility index (Phi) is 4.57. The molecule has 0 fully saturated rings. The zero-order chi connectivity index (χ0) is 13.1. The van der Waals surface area contributed by atoms with Crippen molar-refractivity contribution in [1.29, 1.82) is 0 Å². The van der Waals surface area contributed by atoms with Gasteiger partial charge >= 0.3 is 0 Å². The van der Waals surface area contributed by atoms with E-state index in [0.29, 0.717) is 5.92 Å². The van der Waals surface area contributed by atoms with Gasteiger partial charge in [-0.3, -0.25) is 0 Å². The maximum absolute atomic E-state index is 6.25. The molecule has 0 saturated heterocycles. The zero-order valence-corrected chi connectivity index (χ0v) is 12.6. The molecule has 2 aromatic rings. The van der Waals surface area contributed by atoms with Crippen LogP contribution in [0.1, 0.15) is 25.0 Å². The number of benzene rings is 1. The van der Waals surface area contributed by atoms with Gasteiger partial charge in [-0.1, -0.05) is 19.1 Å². The summed E-state index contributed by atoms with van der Waals surface area (Å²) in [5.41, 5.74) is 2.23. The molecule has 0 spiro atoms. The summed E-state index contributed by atoms with van der Waals surface area (Å²) in [6.07, 6.45) is 2.15. The van der Waals surface area contributed by atoms with Gasteiger partial charge in [0.2, 0.25) is 0 Å². The molecule has 0 amide bonds. The van der Waals surface area contributed by atoms with Gasteiger partial charge in [-0.05, 0) is 37.0 Å². The molecule has 0 radical (unpaired) electrons. The Labute approximate surface area is 118 Å². The molecule has 98 valence electrons. The first-order valence-electron chi connectivity index (χ1n) is 6.21. The van der Waals surface area contributed by atoms with Crippen molar-refractivity contribution in [3.63, 3.8) is 0 Å². The molecule has 4 heteroatoms. The third-order valence-corrected chi connectivity index (χ3v) is 4.08. The molecule has 2 unspecified atom stereocenters. The van der Waals surface area contributed by atoms with E-state index in [4.69, 9.17) is 11.6 Å². The van der Waals surface area contributed by atoms with E-state index >= 15 is 0 Å². The number of thioether (sulfide) groups is 1. The van der Waals surface area contributed by atoms with E-state index in [-0.39, 0.29) is 5.38 Å². The molecule has 0 N–H and O–H groups in total. The van der Waals surface area contributed by atoms with Gasteiger partial charge in [-0.25, -0.2) is 4.98 Å². The van der Waals surface area contributed by atoms with E-state index in [9.17, 15) is 0 Å². The average Bonchev–Trinajstić information content (AvgIpc) is 2.69. The second-order valence-electron chi connectivity index (χ2n) is 4.75. The van der Waals surface area contributed by atoms with E-state index in [1.807, 2.05) is 30.8 Å². The number of halogens is 1. The second-order valence-corrected chi connectivity index (χ2v) is 6.31. The van der Waals surface area contributed by atoms with E-state index in [1.165, 1.54) is 5.52 Å². The summed E-state index contributed by atoms with van der Waals surface area (Å²) in [4.78, 5) is 4.65. The van der Waals surface area contributed by atoms with Crippen LogP contribution >= 0.6 is 23.4 Å². The molecule has 18 heavy (non-hydrogen) atoms. The number of aromatic nitrogens is 2. The number of imidazole rings is 1. The molecule has 2 rings (SSSR count). The van der Waals surface area contributed by atoms with Crippen LogP contribution in [0.15, 0.2) is 24.3 Å². The summed E-state index contributed by atoms with van der Waals surface area (Å²) in [5.74, 6) is 2.75. The number of hydrogen-bond acceptors (Lipinski definition) is 2. The largest absolute Gasteiger partial charge is 0.326 e. The van der Waals surface area contributed by atoms with Crippen molar-refractivity contribution in [3.05, 3.63) is 30.1 Å². The highest BCUT2D eigenvalue weighted by Gasteiger charge is 2.16. The number of rotatable bonds is 5. The maximum Gasteiger partial charge on any atom is 0.127 e. The maximum atomic E-state index is 6.25. The highest BCUT2D eigenvalue weighted by molar-refractivity contribution is 7.98. The minimum atomic E-state index is -0.0566. The van der Waals surface area contributed by atoms with Crippen molar-refractivity contribution in [2.75, 3.05) is 12.0 Å². The first-order valence-corrected chi connectivity index (χ1v) is 8.04. The number of hydrogen-bond donors (Lipinski definition) is 0. The molecule has 1 heterocycles. The molecule has 2 atom stereocenters. The van der Waals surface area contributed by atoms with Crippen LogP contribution < -0.4 is 0 Å². The summed E-state index contributed by atoms with van der Waals surface area (Å²) >= 11 is 8.14. The fourth-order valence-corrected chi connectivity index (χ4v) is 3.08. The van der Waals surface area contributed by atoms with Gasteiger partial charge < -0.3 is 4.57 Å². The molecule has 0 bridgehead atoms. The Balaban J connectivity index is 2.42. The van der Waals surface area contributed by atoms with E-state index < -0.39 is 0 Å². The third-order valence-electron chi connectivity index (χ3n) is 2.99. The van der Waals surface area contributed by atoms with Crippen molar-refractivity contribution in [3.8, 4) is 0 Å². The number of fused-ring (bicyclic) bond motifs is 1. The molecule has 0 aliphatic rings. The first kappa shape index (κ1) is 13.8. The van der Waals surface area contributed by atoms with Crippen LogP contribution in [0, 0.1) is 5.92 Å². The van der Waals surface area contributed by atoms with Crippen molar-refractivity contribution in [1.82, 2.24) is 9.55 Å². The van der Waals surface area contributed by atoms with Gasteiger partial charge in [0.1, 0.15) is 5.82 Å². The van der Waals surface area contributed by atoms with Crippen molar-refractivity contribution < 1.29 is 0 Å². The summed E-state index contributed by atoms with van der Waals surface area (Å²) < 4.78 is 2.27. The Morgan fingerprint density at radius 2 is 2.06 bits per heavy atom. The Morgan fingerprint density at radius 3 is 2.72 bits per heavy atom. The highest BCUT2D eigenvalue weighted by Crippen LogP contribution is 2.25. The van der Waals surface area contributed by atoms with Crippen LogP contribution in [-0.4, -0.2) is 21.6 Å².